The van der Waals surface area contributed by atoms with Gasteiger partial charge in [-0.25, -0.2) is 4.98 Å². The quantitative estimate of drug-likeness (QED) is 0.788. The highest BCUT2D eigenvalue weighted by Gasteiger charge is 2.47. The average Bonchev–Trinajstić information content (AvgIpc) is 3.31. The number of carbonyl (C=O) groups excluding carboxylic acids is 2. The van der Waals surface area contributed by atoms with Crippen LogP contribution in [0.4, 0.5) is 5.82 Å². The molecule has 0 bridgehead atoms. The van der Waals surface area contributed by atoms with Crippen LogP contribution < -0.4 is 15.5 Å². The van der Waals surface area contributed by atoms with Gasteiger partial charge in [-0.1, -0.05) is 6.92 Å². The van der Waals surface area contributed by atoms with Crippen LogP contribution in [0, 0.1) is 0 Å². The molecule has 2 N–H and O–H groups in total. The van der Waals surface area contributed by atoms with Crippen molar-refractivity contribution in [3.05, 3.63) is 24.0 Å². The molecule has 0 spiro atoms. The molecule has 2 aliphatic rings. The summed E-state index contributed by atoms with van der Waals surface area (Å²) in [7, 11) is 0. The molecule has 2 aromatic rings. The smallest absolute Gasteiger partial charge is 0.302 e. The van der Waals surface area contributed by atoms with E-state index in [0.29, 0.717) is 29.8 Å². The van der Waals surface area contributed by atoms with Crippen LogP contribution in [0.5, 0.6) is 0 Å². The minimum absolute atomic E-state index is 0.0828. The fraction of sp³-hybridized carbons (Fsp3) is 0.526. The Labute approximate surface area is 157 Å². The number of carbonyl (C=O) groups is 2. The molecule has 0 aromatic carbocycles. The van der Waals surface area contributed by atoms with Gasteiger partial charge < -0.3 is 19.4 Å². The molecule has 144 valence electrons. The predicted octanol–water partition coefficient (Wildman–Crippen LogP) is 1.64. The molecule has 4 heterocycles. The van der Waals surface area contributed by atoms with Crippen LogP contribution in [-0.2, 0) is 19.9 Å². The van der Waals surface area contributed by atoms with Crippen LogP contribution in [-0.4, -0.2) is 42.2 Å². The fourth-order valence-electron chi connectivity index (χ4n) is 3.98. The molecular weight excluding hydrogens is 348 g/mol. The standard InChI is InChI=1S/C19H24N4O4/c1-4-19(18(25)20-11(2)22-19)16-9-14-15(27-16)5-6-17(21-14)23-8-7-13(10-23)26-12(3)24/h5-6,9,11,13,22H,4,7-8,10H2,1-3H3,(H,20,25)/t11?,13-,19+/m1/s1. The zero-order valence-corrected chi connectivity index (χ0v) is 15.7. The molecule has 1 unspecified atom stereocenters. The van der Waals surface area contributed by atoms with Crippen molar-refractivity contribution in [2.45, 2.75) is 51.4 Å². The first kappa shape index (κ1) is 17.8. The normalized spacial score (nSPS) is 28.0. The first-order valence-electron chi connectivity index (χ1n) is 9.33. The third kappa shape index (κ3) is 3.03. The van der Waals surface area contributed by atoms with Gasteiger partial charge in [-0.05, 0) is 25.5 Å². The van der Waals surface area contributed by atoms with Crippen molar-refractivity contribution in [1.82, 2.24) is 15.6 Å². The Morgan fingerprint density at radius 3 is 2.96 bits per heavy atom. The molecule has 0 radical (unpaired) electrons. The molecule has 8 heteroatoms. The number of hydrogen-bond acceptors (Lipinski definition) is 7. The van der Waals surface area contributed by atoms with Crippen LogP contribution in [0.1, 0.15) is 39.4 Å². The maximum atomic E-state index is 12.5. The summed E-state index contributed by atoms with van der Waals surface area (Å²) < 4.78 is 11.3. The summed E-state index contributed by atoms with van der Waals surface area (Å²) in [5.41, 5.74) is 0.487. The highest BCUT2D eigenvalue weighted by molar-refractivity contribution is 5.90. The van der Waals surface area contributed by atoms with E-state index < -0.39 is 5.54 Å². The summed E-state index contributed by atoms with van der Waals surface area (Å²) >= 11 is 0. The third-order valence-corrected chi connectivity index (χ3v) is 5.31. The Morgan fingerprint density at radius 1 is 1.48 bits per heavy atom. The van der Waals surface area contributed by atoms with E-state index in [1.54, 1.807) is 0 Å². The number of fused-ring (bicyclic) bond motifs is 1. The highest BCUT2D eigenvalue weighted by atomic mass is 16.5. The second kappa shape index (κ2) is 6.53. The summed E-state index contributed by atoms with van der Waals surface area (Å²) in [4.78, 5) is 30.5. The lowest BCUT2D eigenvalue weighted by molar-refractivity contribution is -0.145. The van der Waals surface area contributed by atoms with E-state index in [2.05, 4.69) is 15.5 Å². The van der Waals surface area contributed by atoms with E-state index >= 15 is 0 Å². The van der Waals surface area contributed by atoms with Gasteiger partial charge >= 0.3 is 5.97 Å². The van der Waals surface area contributed by atoms with E-state index in [4.69, 9.17) is 14.1 Å². The summed E-state index contributed by atoms with van der Waals surface area (Å²) in [6, 6.07) is 5.61. The van der Waals surface area contributed by atoms with Crippen molar-refractivity contribution in [2.24, 2.45) is 0 Å². The topological polar surface area (TPSA) is 96.7 Å². The number of ether oxygens (including phenoxy) is 1. The molecule has 2 saturated heterocycles. The van der Waals surface area contributed by atoms with Crippen molar-refractivity contribution < 1.29 is 18.7 Å². The fourth-order valence-corrected chi connectivity index (χ4v) is 3.98. The van der Waals surface area contributed by atoms with Crippen molar-refractivity contribution in [3.8, 4) is 0 Å². The Morgan fingerprint density at radius 2 is 2.30 bits per heavy atom. The summed E-state index contributed by atoms with van der Waals surface area (Å²) in [5, 5.41) is 6.19. The Bertz CT molecular complexity index is 895. The largest absolute Gasteiger partial charge is 0.461 e. The van der Waals surface area contributed by atoms with Gasteiger partial charge in [-0.2, -0.15) is 0 Å². The molecule has 2 fully saturated rings. The van der Waals surface area contributed by atoms with E-state index in [-0.39, 0.29) is 24.1 Å². The molecule has 4 rings (SSSR count). The van der Waals surface area contributed by atoms with Crippen molar-refractivity contribution in [3.63, 3.8) is 0 Å². The zero-order chi connectivity index (χ0) is 19.2. The number of nitrogens with zero attached hydrogens (tertiary/aromatic N) is 2. The van der Waals surface area contributed by atoms with Gasteiger partial charge in [0.05, 0.1) is 12.7 Å². The number of aromatic nitrogens is 1. The predicted molar refractivity (Wildman–Crippen MR) is 99.1 cm³/mol. The zero-order valence-electron chi connectivity index (χ0n) is 15.7. The number of hydrogen-bond donors (Lipinski definition) is 2. The van der Waals surface area contributed by atoms with Gasteiger partial charge in [0.15, 0.2) is 11.1 Å². The van der Waals surface area contributed by atoms with E-state index in [1.807, 2.05) is 32.0 Å². The summed E-state index contributed by atoms with van der Waals surface area (Å²) in [5.74, 6) is 1.05. The molecule has 8 nitrogen and oxygen atoms in total. The molecule has 0 saturated carbocycles. The first-order valence-corrected chi connectivity index (χ1v) is 9.33. The van der Waals surface area contributed by atoms with Crippen molar-refractivity contribution >= 4 is 28.8 Å². The van der Waals surface area contributed by atoms with E-state index in [1.165, 1.54) is 6.92 Å². The van der Waals surface area contributed by atoms with Crippen LogP contribution in [0.3, 0.4) is 0 Å². The van der Waals surface area contributed by atoms with Gasteiger partial charge in [0.1, 0.15) is 23.2 Å². The first-order chi connectivity index (χ1) is 12.9. The van der Waals surface area contributed by atoms with Gasteiger partial charge in [-0.15, -0.1) is 0 Å². The number of esters is 1. The molecule has 1 amide bonds. The Hall–Kier alpha value is -2.61. The molecule has 2 aromatic heterocycles. The minimum Gasteiger partial charge on any atom is -0.461 e. The average molecular weight is 372 g/mol. The molecular formula is C19H24N4O4. The number of amides is 1. The maximum Gasteiger partial charge on any atom is 0.302 e. The van der Waals surface area contributed by atoms with Crippen LogP contribution in [0.25, 0.3) is 11.1 Å². The van der Waals surface area contributed by atoms with Crippen molar-refractivity contribution in [2.75, 3.05) is 18.0 Å². The van der Waals surface area contributed by atoms with Gasteiger partial charge in [0.25, 0.3) is 0 Å². The second-order valence-electron chi connectivity index (χ2n) is 7.23. The number of rotatable bonds is 4. The van der Waals surface area contributed by atoms with E-state index in [9.17, 15) is 9.59 Å². The highest BCUT2D eigenvalue weighted by Crippen LogP contribution is 2.34. The van der Waals surface area contributed by atoms with Gasteiger partial charge in [0, 0.05) is 26.0 Å². The van der Waals surface area contributed by atoms with Gasteiger partial charge in [0.2, 0.25) is 5.91 Å². The minimum atomic E-state index is -0.867. The SMILES string of the molecule is CC[C@@]1(c2cc3nc(N4CC[C@@H](OC(C)=O)C4)ccc3o2)NC(C)NC1=O. The number of anilines is 1. The van der Waals surface area contributed by atoms with Crippen LogP contribution in [0.2, 0.25) is 0 Å². The molecule has 3 atom stereocenters. The lowest BCUT2D eigenvalue weighted by atomic mass is 9.93. The Kier molecular flexibility index (Phi) is 4.30. The number of furan rings is 1. The summed E-state index contributed by atoms with van der Waals surface area (Å²) in [6.45, 7) is 6.69. The maximum absolute atomic E-state index is 12.5. The summed E-state index contributed by atoms with van der Waals surface area (Å²) in [6.07, 6.45) is 1.15. The number of pyridine rings is 1. The monoisotopic (exact) mass is 372 g/mol. The molecule has 2 aliphatic heterocycles. The van der Waals surface area contributed by atoms with Crippen LogP contribution in [0.15, 0.2) is 22.6 Å². The van der Waals surface area contributed by atoms with Gasteiger partial charge in [-0.3, -0.25) is 14.9 Å². The second-order valence-corrected chi connectivity index (χ2v) is 7.23. The van der Waals surface area contributed by atoms with Crippen LogP contribution >= 0.6 is 0 Å². The van der Waals surface area contributed by atoms with Crippen molar-refractivity contribution in [1.29, 1.82) is 0 Å². The molecule has 0 aliphatic carbocycles. The third-order valence-electron chi connectivity index (χ3n) is 5.31. The Balaban J connectivity index is 1.61. The number of nitrogens with one attached hydrogen (secondary N) is 2. The molecule has 27 heavy (non-hydrogen) atoms. The lowest BCUT2D eigenvalue weighted by Gasteiger charge is -2.22. The van der Waals surface area contributed by atoms with E-state index in [0.717, 1.165) is 18.8 Å². The lowest BCUT2D eigenvalue weighted by Crippen LogP contribution is -2.43.